The molecule has 4 nitrogen and oxygen atoms in total. The van der Waals surface area contributed by atoms with Crippen LogP contribution in [0.2, 0.25) is 0 Å². The second-order valence-corrected chi connectivity index (χ2v) is 7.26. The summed E-state index contributed by atoms with van der Waals surface area (Å²) in [5, 5.41) is 4.06. The van der Waals surface area contributed by atoms with Gasteiger partial charge in [0, 0.05) is 37.9 Å². The van der Waals surface area contributed by atoms with Crippen LogP contribution in [0.15, 0.2) is 34.9 Å². The van der Waals surface area contributed by atoms with Crippen molar-refractivity contribution in [3.63, 3.8) is 0 Å². The highest BCUT2D eigenvalue weighted by Crippen LogP contribution is 2.17. The SMILES string of the molecule is CC.Cc1ccc(N2CCN(CCCCCCc3cc(C)on3)CC2)cc1. The minimum Gasteiger partial charge on any atom is -0.369 e. The first-order valence-corrected chi connectivity index (χ1v) is 10.7. The van der Waals surface area contributed by atoms with E-state index in [1.807, 2.05) is 26.8 Å². The standard InChI is InChI=1S/C21H31N3O.C2H6/c1-18-8-10-21(11-9-18)24-15-13-23(14-16-24)12-6-4-3-5-7-20-17-19(2)25-22-20;1-2/h8-11,17H,3-7,12-16H2,1-2H3;1-2H3. The molecule has 1 fully saturated rings. The van der Waals surface area contributed by atoms with Gasteiger partial charge in [-0.3, -0.25) is 4.90 Å². The monoisotopic (exact) mass is 371 g/mol. The van der Waals surface area contributed by atoms with E-state index in [-0.39, 0.29) is 0 Å². The van der Waals surface area contributed by atoms with Gasteiger partial charge in [0.15, 0.2) is 0 Å². The van der Waals surface area contributed by atoms with Crippen LogP contribution in [0.4, 0.5) is 5.69 Å². The summed E-state index contributed by atoms with van der Waals surface area (Å²) in [5.41, 5.74) is 3.80. The number of nitrogens with zero attached hydrogens (tertiary/aromatic N) is 3. The largest absolute Gasteiger partial charge is 0.369 e. The molecule has 1 saturated heterocycles. The lowest BCUT2D eigenvalue weighted by atomic mass is 10.1. The molecular weight excluding hydrogens is 334 g/mol. The first-order chi connectivity index (χ1) is 13.2. The van der Waals surface area contributed by atoms with E-state index in [1.165, 1.54) is 56.6 Å². The lowest BCUT2D eigenvalue weighted by molar-refractivity contribution is 0.252. The third kappa shape index (κ3) is 7.37. The van der Waals surface area contributed by atoms with Gasteiger partial charge < -0.3 is 9.42 Å². The van der Waals surface area contributed by atoms with Gasteiger partial charge in [-0.2, -0.15) is 0 Å². The average Bonchev–Trinajstić information content (AvgIpc) is 3.12. The molecule has 0 radical (unpaired) electrons. The average molecular weight is 372 g/mol. The van der Waals surface area contributed by atoms with Crippen molar-refractivity contribution in [3.8, 4) is 0 Å². The molecule has 2 heterocycles. The summed E-state index contributed by atoms with van der Waals surface area (Å²) < 4.78 is 5.11. The smallest absolute Gasteiger partial charge is 0.133 e. The molecule has 0 aliphatic carbocycles. The highest BCUT2D eigenvalue weighted by molar-refractivity contribution is 5.47. The molecule has 2 aromatic rings. The highest BCUT2D eigenvalue weighted by atomic mass is 16.5. The van der Waals surface area contributed by atoms with Crippen LogP contribution in [-0.2, 0) is 6.42 Å². The molecule has 0 spiro atoms. The van der Waals surface area contributed by atoms with Crippen LogP contribution in [-0.4, -0.2) is 42.8 Å². The van der Waals surface area contributed by atoms with Crippen molar-refractivity contribution >= 4 is 5.69 Å². The molecule has 150 valence electrons. The lowest BCUT2D eigenvalue weighted by Crippen LogP contribution is -2.46. The zero-order valence-corrected chi connectivity index (χ0v) is 17.7. The lowest BCUT2D eigenvalue weighted by Gasteiger charge is -2.36. The highest BCUT2D eigenvalue weighted by Gasteiger charge is 2.16. The molecular formula is C23H37N3O. The van der Waals surface area contributed by atoms with E-state index >= 15 is 0 Å². The predicted molar refractivity (Wildman–Crippen MR) is 115 cm³/mol. The molecule has 27 heavy (non-hydrogen) atoms. The maximum absolute atomic E-state index is 5.11. The van der Waals surface area contributed by atoms with E-state index in [0.29, 0.717) is 0 Å². The molecule has 1 aromatic carbocycles. The number of rotatable bonds is 8. The van der Waals surface area contributed by atoms with Crippen molar-refractivity contribution in [3.05, 3.63) is 47.3 Å². The minimum atomic E-state index is 0.916. The number of hydrogen-bond acceptors (Lipinski definition) is 4. The fraction of sp³-hybridized carbons (Fsp3) is 0.609. The van der Waals surface area contributed by atoms with Crippen LogP contribution in [0.5, 0.6) is 0 Å². The molecule has 1 aliphatic heterocycles. The number of benzene rings is 1. The van der Waals surface area contributed by atoms with Crippen molar-refractivity contribution in [2.45, 2.75) is 59.8 Å². The summed E-state index contributed by atoms with van der Waals surface area (Å²) in [6.07, 6.45) is 6.17. The Morgan fingerprint density at radius 2 is 1.56 bits per heavy atom. The summed E-state index contributed by atoms with van der Waals surface area (Å²) in [5.74, 6) is 0.916. The Kier molecular flexibility index (Phi) is 9.40. The third-order valence-corrected chi connectivity index (χ3v) is 5.11. The molecule has 0 bridgehead atoms. The molecule has 3 rings (SSSR count). The van der Waals surface area contributed by atoms with E-state index in [4.69, 9.17) is 4.52 Å². The normalized spacial score (nSPS) is 14.7. The summed E-state index contributed by atoms with van der Waals surface area (Å²) in [4.78, 5) is 5.13. The third-order valence-electron chi connectivity index (χ3n) is 5.11. The number of aryl methyl sites for hydroxylation is 3. The minimum absolute atomic E-state index is 0.916. The molecule has 0 saturated carbocycles. The quantitative estimate of drug-likeness (QED) is 0.594. The predicted octanol–water partition coefficient (Wildman–Crippen LogP) is 5.24. The number of hydrogen-bond donors (Lipinski definition) is 0. The van der Waals surface area contributed by atoms with Crippen LogP contribution >= 0.6 is 0 Å². The summed E-state index contributed by atoms with van der Waals surface area (Å²) in [6.45, 7) is 14.0. The fourth-order valence-corrected chi connectivity index (χ4v) is 3.52. The molecule has 0 atom stereocenters. The molecule has 1 aromatic heterocycles. The summed E-state index contributed by atoms with van der Waals surface area (Å²) in [6, 6.07) is 11.0. The fourth-order valence-electron chi connectivity index (χ4n) is 3.52. The van der Waals surface area contributed by atoms with E-state index < -0.39 is 0 Å². The van der Waals surface area contributed by atoms with E-state index in [2.05, 4.69) is 46.1 Å². The second kappa shape index (κ2) is 11.8. The van der Waals surface area contributed by atoms with E-state index in [0.717, 1.165) is 31.0 Å². The van der Waals surface area contributed by atoms with Crippen LogP contribution < -0.4 is 4.90 Å². The second-order valence-electron chi connectivity index (χ2n) is 7.26. The van der Waals surface area contributed by atoms with Crippen molar-refractivity contribution in [2.24, 2.45) is 0 Å². The maximum atomic E-state index is 5.11. The van der Waals surface area contributed by atoms with Crippen LogP contribution in [0.3, 0.4) is 0 Å². The number of unbranched alkanes of at least 4 members (excludes halogenated alkanes) is 3. The van der Waals surface area contributed by atoms with Gasteiger partial charge in [0.1, 0.15) is 5.76 Å². The Bertz CT molecular complexity index is 627. The van der Waals surface area contributed by atoms with Gasteiger partial charge in [0.2, 0.25) is 0 Å². The van der Waals surface area contributed by atoms with Gasteiger partial charge in [0.25, 0.3) is 0 Å². The Morgan fingerprint density at radius 1 is 0.889 bits per heavy atom. The van der Waals surface area contributed by atoms with Crippen molar-refractivity contribution < 1.29 is 4.52 Å². The zero-order valence-electron chi connectivity index (χ0n) is 17.7. The molecule has 0 unspecified atom stereocenters. The summed E-state index contributed by atoms with van der Waals surface area (Å²) >= 11 is 0. The Balaban J connectivity index is 0.00000126. The number of anilines is 1. The zero-order chi connectivity index (χ0) is 19.5. The van der Waals surface area contributed by atoms with Gasteiger partial charge in [-0.25, -0.2) is 0 Å². The van der Waals surface area contributed by atoms with Gasteiger partial charge in [-0.1, -0.05) is 49.5 Å². The Morgan fingerprint density at radius 3 is 2.19 bits per heavy atom. The first-order valence-electron chi connectivity index (χ1n) is 10.7. The van der Waals surface area contributed by atoms with Crippen LogP contribution in [0.25, 0.3) is 0 Å². The van der Waals surface area contributed by atoms with Gasteiger partial charge in [-0.05, 0) is 51.8 Å². The molecule has 0 amide bonds. The van der Waals surface area contributed by atoms with Crippen molar-refractivity contribution in [1.29, 1.82) is 0 Å². The first kappa shape index (κ1) is 21.5. The van der Waals surface area contributed by atoms with Gasteiger partial charge in [0.05, 0.1) is 5.69 Å². The van der Waals surface area contributed by atoms with Crippen molar-refractivity contribution in [2.75, 3.05) is 37.6 Å². The van der Waals surface area contributed by atoms with E-state index in [9.17, 15) is 0 Å². The summed E-state index contributed by atoms with van der Waals surface area (Å²) in [7, 11) is 0. The maximum Gasteiger partial charge on any atom is 0.133 e. The van der Waals surface area contributed by atoms with E-state index in [1.54, 1.807) is 0 Å². The topological polar surface area (TPSA) is 32.5 Å². The van der Waals surface area contributed by atoms with Crippen LogP contribution in [0.1, 0.15) is 56.5 Å². The number of aromatic nitrogens is 1. The van der Waals surface area contributed by atoms with Gasteiger partial charge >= 0.3 is 0 Å². The van der Waals surface area contributed by atoms with Crippen LogP contribution in [0, 0.1) is 13.8 Å². The molecule has 1 aliphatic rings. The Labute approximate surface area is 165 Å². The van der Waals surface area contributed by atoms with Gasteiger partial charge in [-0.15, -0.1) is 0 Å². The molecule has 4 heteroatoms. The van der Waals surface area contributed by atoms with Crippen molar-refractivity contribution in [1.82, 2.24) is 10.1 Å². The molecule has 0 N–H and O–H groups in total. The Hall–Kier alpha value is -1.81. The number of piperazine rings is 1.